The zero-order valence-electron chi connectivity index (χ0n) is 16.2. The van der Waals surface area contributed by atoms with Crippen LogP contribution in [-0.4, -0.2) is 47.3 Å². The zero-order chi connectivity index (χ0) is 21.9. The Labute approximate surface area is 172 Å². The first-order valence-electron chi connectivity index (χ1n) is 8.92. The molecule has 0 spiro atoms. The molecule has 0 aliphatic carbocycles. The number of carbonyl (C=O) groups is 4. The van der Waals surface area contributed by atoms with Crippen molar-refractivity contribution in [3.05, 3.63) is 71.8 Å². The monoisotopic (exact) mass is 415 g/mol. The maximum Gasteiger partial charge on any atom is 0.420 e. The fraction of sp³-hybridized carbons (Fsp3) is 0.238. The predicted octanol–water partition coefficient (Wildman–Crippen LogP) is 2.98. The van der Waals surface area contributed by atoms with E-state index in [4.69, 9.17) is 14.6 Å². The van der Waals surface area contributed by atoms with Crippen LogP contribution in [0, 0.1) is 0 Å². The SMILES string of the molecule is COC(=O)[C@H](CC(=O)O)N(C(=O)OCc1ccccc1)C(=O)OCc1ccccc1. The molecule has 2 rings (SSSR count). The predicted molar refractivity (Wildman–Crippen MR) is 103 cm³/mol. The summed E-state index contributed by atoms with van der Waals surface area (Å²) in [5.41, 5.74) is 1.27. The van der Waals surface area contributed by atoms with Gasteiger partial charge in [0.2, 0.25) is 0 Å². The third-order valence-corrected chi connectivity index (χ3v) is 3.96. The van der Waals surface area contributed by atoms with E-state index in [-0.39, 0.29) is 13.2 Å². The number of hydrogen-bond donors (Lipinski definition) is 1. The van der Waals surface area contributed by atoms with E-state index in [1.165, 1.54) is 0 Å². The highest BCUT2D eigenvalue weighted by molar-refractivity contribution is 5.95. The summed E-state index contributed by atoms with van der Waals surface area (Å²) >= 11 is 0. The second-order valence-corrected chi connectivity index (χ2v) is 6.09. The van der Waals surface area contributed by atoms with Gasteiger partial charge in [-0.15, -0.1) is 0 Å². The molecule has 0 aliphatic rings. The molecule has 1 N–H and O–H groups in total. The molecule has 0 saturated carbocycles. The fourth-order valence-electron chi connectivity index (χ4n) is 2.49. The Kier molecular flexibility index (Phi) is 8.37. The zero-order valence-corrected chi connectivity index (χ0v) is 16.2. The summed E-state index contributed by atoms with van der Waals surface area (Å²) in [5, 5.41) is 9.12. The number of carboxylic acid groups (broad SMARTS) is 1. The Balaban J connectivity index is 2.20. The maximum absolute atomic E-state index is 12.6. The number of benzene rings is 2. The third kappa shape index (κ3) is 6.62. The van der Waals surface area contributed by atoms with Gasteiger partial charge >= 0.3 is 24.1 Å². The molecule has 0 radical (unpaired) electrons. The van der Waals surface area contributed by atoms with Gasteiger partial charge in [-0.1, -0.05) is 60.7 Å². The second-order valence-electron chi connectivity index (χ2n) is 6.09. The lowest BCUT2D eigenvalue weighted by Crippen LogP contribution is -2.50. The highest BCUT2D eigenvalue weighted by atomic mass is 16.6. The summed E-state index contributed by atoms with van der Waals surface area (Å²) in [4.78, 5) is 48.9. The number of nitrogens with zero attached hydrogens (tertiary/aromatic N) is 1. The van der Waals surface area contributed by atoms with Crippen molar-refractivity contribution in [2.75, 3.05) is 7.11 Å². The first kappa shape index (κ1) is 22.4. The van der Waals surface area contributed by atoms with Gasteiger partial charge in [-0.3, -0.25) is 4.79 Å². The summed E-state index contributed by atoms with van der Waals surface area (Å²) in [6.07, 6.45) is -3.32. The molecule has 9 heteroatoms. The quantitative estimate of drug-likeness (QED) is 0.516. The lowest BCUT2D eigenvalue weighted by molar-refractivity contribution is -0.151. The van der Waals surface area contributed by atoms with E-state index in [2.05, 4.69) is 4.74 Å². The van der Waals surface area contributed by atoms with Crippen LogP contribution in [0.15, 0.2) is 60.7 Å². The summed E-state index contributed by atoms with van der Waals surface area (Å²) in [6.45, 7) is -0.383. The highest BCUT2D eigenvalue weighted by Crippen LogP contribution is 2.14. The average molecular weight is 415 g/mol. The highest BCUT2D eigenvalue weighted by Gasteiger charge is 2.39. The number of aliphatic carboxylic acids is 1. The molecular formula is C21H21NO8. The van der Waals surface area contributed by atoms with Crippen molar-refractivity contribution < 1.29 is 38.5 Å². The van der Waals surface area contributed by atoms with Gasteiger partial charge in [0.15, 0.2) is 6.04 Å². The number of methoxy groups -OCH3 is 1. The van der Waals surface area contributed by atoms with Gasteiger partial charge in [-0.05, 0) is 11.1 Å². The van der Waals surface area contributed by atoms with E-state index in [1.54, 1.807) is 60.7 Å². The summed E-state index contributed by atoms with van der Waals surface area (Å²) in [7, 11) is 1.01. The molecule has 2 amide bonds. The molecule has 9 nitrogen and oxygen atoms in total. The minimum Gasteiger partial charge on any atom is -0.481 e. The van der Waals surface area contributed by atoms with Crippen molar-refractivity contribution in [3.8, 4) is 0 Å². The molecule has 2 aromatic carbocycles. The molecule has 0 fully saturated rings. The van der Waals surface area contributed by atoms with Crippen molar-refractivity contribution in [1.29, 1.82) is 0 Å². The van der Waals surface area contributed by atoms with Crippen molar-refractivity contribution in [1.82, 2.24) is 4.90 Å². The van der Waals surface area contributed by atoms with Crippen LogP contribution >= 0.6 is 0 Å². The molecular weight excluding hydrogens is 394 g/mol. The topological polar surface area (TPSA) is 119 Å². The largest absolute Gasteiger partial charge is 0.481 e. The van der Waals surface area contributed by atoms with E-state index in [0.717, 1.165) is 7.11 Å². The van der Waals surface area contributed by atoms with Crippen LogP contribution < -0.4 is 0 Å². The fourth-order valence-corrected chi connectivity index (χ4v) is 2.49. The van der Waals surface area contributed by atoms with Crippen LogP contribution in [0.4, 0.5) is 9.59 Å². The van der Waals surface area contributed by atoms with Gasteiger partial charge in [0.1, 0.15) is 13.2 Å². The normalized spacial score (nSPS) is 11.1. The van der Waals surface area contributed by atoms with Crippen LogP contribution in [0.3, 0.4) is 0 Å². The summed E-state index contributed by atoms with van der Waals surface area (Å²) < 4.78 is 14.8. The van der Waals surface area contributed by atoms with Crippen molar-refractivity contribution in [2.24, 2.45) is 0 Å². The van der Waals surface area contributed by atoms with Crippen LogP contribution in [0.25, 0.3) is 0 Å². The van der Waals surface area contributed by atoms with E-state index in [0.29, 0.717) is 16.0 Å². The number of imide groups is 1. The minimum atomic E-state index is -1.75. The Morgan fingerprint density at radius 3 is 1.63 bits per heavy atom. The lowest BCUT2D eigenvalue weighted by Gasteiger charge is -2.25. The first-order chi connectivity index (χ1) is 14.4. The second kappa shape index (κ2) is 11.2. The van der Waals surface area contributed by atoms with Gasteiger partial charge in [0.25, 0.3) is 0 Å². The van der Waals surface area contributed by atoms with Gasteiger partial charge in [0.05, 0.1) is 13.5 Å². The first-order valence-corrected chi connectivity index (χ1v) is 8.92. The van der Waals surface area contributed by atoms with Gasteiger partial charge in [0, 0.05) is 0 Å². The number of hydrogen-bond acceptors (Lipinski definition) is 7. The summed E-state index contributed by atoms with van der Waals surface area (Å²) in [5.74, 6) is -2.51. The maximum atomic E-state index is 12.6. The molecule has 30 heavy (non-hydrogen) atoms. The summed E-state index contributed by atoms with van der Waals surface area (Å²) in [6, 6.07) is 15.5. The Hall–Kier alpha value is -3.88. The number of amides is 2. The number of carboxylic acids is 1. The molecule has 0 aromatic heterocycles. The van der Waals surface area contributed by atoms with Crippen LogP contribution in [0.5, 0.6) is 0 Å². The number of rotatable bonds is 8. The smallest absolute Gasteiger partial charge is 0.420 e. The van der Waals surface area contributed by atoms with Crippen molar-refractivity contribution in [3.63, 3.8) is 0 Å². The Bertz CT molecular complexity index is 814. The lowest BCUT2D eigenvalue weighted by atomic mass is 10.2. The Morgan fingerprint density at radius 1 is 0.833 bits per heavy atom. The van der Waals surface area contributed by atoms with Crippen LogP contribution in [0.2, 0.25) is 0 Å². The van der Waals surface area contributed by atoms with Crippen molar-refractivity contribution >= 4 is 24.1 Å². The van der Waals surface area contributed by atoms with Crippen molar-refractivity contribution in [2.45, 2.75) is 25.7 Å². The molecule has 0 aliphatic heterocycles. The molecule has 0 heterocycles. The molecule has 158 valence electrons. The molecule has 2 aromatic rings. The number of ether oxygens (including phenoxy) is 3. The standard InChI is InChI=1S/C21H21NO8/c1-28-19(25)17(12-18(23)24)22(20(26)29-13-15-8-4-2-5-9-15)21(27)30-14-16-10-6-3-7-11-16/h2-11,17H,12-14H2,1H3,(H,23,24)/t17-/m0/s1. The molecule has 0 saturated heterocycles. The number of esters is 1. The van der Waals surface area contributed by atoms with E-state index in [1.807, 2.05) is 0 Å². The van der Waals surface area contributed by atoms with E-state index >= 15 is 0 Å². The van der Waals surface area contributed by atoms with Gasteiger partial charge < -0.3 is 19.3 Å². The molecule has 1 atom stereocenters. The molecule has 0 unspecified atom stereocenters. The minimum absolute atomic E-state index is 0.191. The number of carbonyl (C=O) groups excluding carboxylic acids is 3. The van der Waals surface area contributed by atoms with Gasteiger partial charge in [-0.25, -0.2) is 14.4 Å². The van der Waals surface area contributed by atoms with E-state index < -0.39 is 36.6 Å². The molecule has 0 bridgehead atoms. The average Bonchev–Trinajstić information content (AvgIpc) is 2.76. The Morgan fingerprint density at radius 2 is 1.27 bits per heavy atom. The van der Waals surface area contributed by atoms with Gasteiger partial charge in [-0.2, -0.15) is 4.90 Å². The van der Waals surface area contributed by atoms with Crippen LogP contribution in [0.1, 0.15) is 17.5 Å². The third-order valence-electron chi connectivity index (χ3n) is 3.96. The van der Waals surface area contributed by atoms with E-state index in [9.17, 15) is 19.2 Å². The van der Waals surface area contributed by atoms with Crippen LogP contribution in [-0.2, 0) is 37.0 Å².